The number of fused-ring (bicyclic) bond motifs is 1. The van der Waals surface area contributed by atoms with E-state index in [2.05, 4.69) is 0 Å². The molecule has 0 aromatic heterocycles. The minimum absolute atomic E-state index is 0.0503. The summed E-state index contributed by atoms with van der Waals surface area (Å²) in [6, 6.07) is 17.4. The van der Waals surface area contributed by atoms with Gasteiger partial charge in [-0.2, -0.15) is 0 Å². The number of benzene rings is 3. The average molecular weight is 290 g/mol. The molecule has 2 N–H and O–H groups in total. The molecule has 22 heavy (non-hydrogen) atoms. The Bertz CT molecular complexity index is 879. The standard InChI is InChI=1S/C19H14O3/c20-16-8-4-2-6-14(16)10-12-18(22)19-15-7-3-1-5-13(15)9-11-17(19)21/h1-12,20-21H/b12-10+. The van der Waals surface area contributed by atoms with Crippen LogP contribution >= 0.6 is 0 Å². The van der Waals surface area contributed by atoms with Crippen molar-refractivity contribution >= 4 is 22.6 Å². The lowest BCUT2D eigenvalue weighted by Crippen LogP contribution is -1.96. The molecule has 0 saturated heterocycles. The molecule has 3 nitrogen and oxygen atoms in total. The molecule has 0 atom stereocenters. The zero-order valence-electron chi connectivity index (χ0n) is 11.7. The van der Waals surface area contributed by atoms with Gasteiger partial charge in [-0.1, -0.05) is 48.5 Å². The van der Waals surface area contributed by atoms with Crippen molar-refractivity contribution in [2.24, 2.45) is 0 Å². The number of rotatable bonds is 3. The van der Waals surface area contributed by atoms with Gasteiger partial charge in [0.05, 0.1) is 5.56 Å². The van der Waals surface area contributed by atoms with E-state index in [4.69, 9.17) is 0 Å². The number of phenolic OH excluding ortho intramolecular Hbond substituents is 2. The summed E-state index contributed by atoms with van der Waals surface area (Å²) in [7, 11) is 0. The molecule has 3 heteroatoms. The summed E-state index contributed by atoms with van der Waals surface area (Å²) in [5.41, 5.74) is 0.820. The van der Waals surface area contributed by atoms with E-state index < -0.39 is 0 Å². The topological polar surface area (TPSA) is 57.5 Å². The quantitative estimate of drug-likeness (QED) is 0.563. The third kappa shape index (κ3) is 2.56. The van der Waals surface area contributed by atoms with Crippen LogP contribution in [-0.2, 0) is 0 Å². The van der Waals surface area contributed by atoms with Gasteiger partial charge in [0.15, 0.2) is 5.78 Å². The van der Waals surface area contributed by atoms with Crippen LogP contribution in [0.15, 0.2) is 66.7 Å². The first-order valence-corrected chi connectivity index (χ1v) is 6.88. The molecule has 0 heterocycles. The summed E-state index contributed by atoms with van der Waals surface area (Å²) in [4.78, 5) is 12.4. The van der Waals surface area contributed by atoms with Crippen LogP contribution in [-0.4, -0.2) is 16.0 Å². The van der Waals surface area contributed by atoms with Crippen molar-refractivity contribution in [2.45, 2.75) is 0 Å². The van der Waals surface area contributed by atoms with Gasteiger partial charge in [-0.15, -0.1) is 0 Å². The molecule has 3 aromatic rings. The molecule has 0 aliphatic carbocycles. The summed E-state index contributed by atoms with van der Waals surface area (Å²) < 4.78 is 0. The first-order chi connectivity index (χ1) is 10.7. The molecule has 0 fully saturated rings. The van der Waals surface area contributed by atoms with Gasteiger partial charge in [-0.3, -0.25) is 4.79 Å². The van der Waals surface area contributed by atoms with Crippen molar-refractivity contribution in [1.82, 2.24) is 0 Å². The van der Waals surface area contributed by atoms with Gasteiger partial charge in [0.1, 0.15) is 11.5 Å². The van der Waals surface area contributed by atoms with Crippen molar-refractivity contribution < 1.29 is 15.0 Å². The summed E-state index contributed by atoms with van der Waals surface area (Å²) in [6.45, 7) is 0. The molecule has 3 rings (SSSR count). The number of phenols is 2. The molecule has 0 saturated carbocycles. The summed E-state index contributed by atoms with van der Waals surface area (Å²) in [5.74, 6) is -0.253. The van der Waals surface area contributed by atoms with Crippen LogP contribution in [0, 0.1) is 0 Å². The van der Waals surface area contributed by atoms with Gasteiger partial charge in [-0.05, 0) is 35.1 Å². The van der Waals surface area contributed by atoms with E-state index in [-0.39, 0.29) is 22.8 Å². The van der Waals surface area contributed by atoms with Gasteiger partial charge in [0.2, 0.25) is 0 Å². The molecule has 0 radical (unpaired) electrons. The fourth-order valence-electron chi connectivity index (χ4n) is 2.40. The highest BCUT2D eigenvalue weighted by molar-refractivity contribution is 6.16. The Hall–Kier alpha value is -3.07. The lowest BCUT2D eigenvalue weighted by molar-refractivity contribution is 0.104. The molecule has 108 valence electrons. The van der Waals surface area contributed by atoms with Gasteiger partial charge in [0.25, 0.3) is 0 Å². The highest BCUT2D eigenvalue weighted by atomic mass is 16.3. The number of allylic oxidation sites excluding steroid dienone is 1. The number of para-hydroxylation sites is 1. The Morgan fingerprint density at radius 3 is 2.36 bits per heavy atom. The van der Waals surface area contributed by atoms with Gasteiger partial charge in [0, 0.05) is 5.56 Å². The summed E-state index contributed by atoms with van der Waals surface area (Å²) >= 11 is 0. The lowest BCUT2D eigenvalue weighted by atomic mass is 9.99. The van der Waals surface area contributed by atoms with Crippen LogP contribution < -0.4 is 0 Å². The van der Waals surface area contributed by atoms with Gasteiger partial charge >= 0.3 is 0 Å². The van der Waals surface area contributed by atoms with Crippen molar-refractivity contribution in [1.29, 1.82) is 0 Å². The van der Waals surface area contributed by atoms with Gasteiger partial charge in [-0.25, -0.2) is 0 Å². The number of hydrogen-bond acceptors (Lipinski definition) is 3. The van der Waals surface area contributed by atoms with Crippen molar-refractivity contribution in [3.05, 3.63) is 77.9 Å². The molecule has 0 spiro atoms. The minimum atomic E-state index is -0.308. The maximum atomic E-state index is 12.4. The normalized spacial score (nSPS) is 11.1. The first-order valence-electron chi connectivity index (χ1n) is 6.88. The Morgan fingerprint density at radius 2 is 1.55 bits per heavy atom. The van der Waals surface area contributed by atoms with E-state index in [1.54, 1.807) is 42.5 Å². The molecule has 3 aromatic carbocycles. The number of hydrogen-bond donors (Lipinski definition) is 2. The number of ketones is 1. The molecular formula is C19H14O3. The van der Waals surface area contributed by atoms with E-state index in [1.807, 2.05) is 18.2 Å². The largest absolute Gasteiger partial charge is 0.507 e. The molecule has 0 amide bonds. The van der Waals surface area contributed by atoms with Crippen molar-refractivity contribution in [3.8, 4) is 11.5 Å². The van der Waals surface area contributed by atoms with Crippen molar-refractivity contribution in [2.75, 3.05) is 0 Å². The maximum Gasteiger partial charge on any atom is 0.190 e. The smallest absolute Gasteiger partial charge is 0.190 e. The Balaban J connectivity index is 2.03. The average Bonchev–Trinajstić information content (AvgIpc) is 2.53. The number of aromatic hydroxyl groups is 2. The van der Waals surface area contributed by atoms with Crippen LogP contribution in [0.3, 0.4) is 0 Å². The van der Waals surface area contributed by atoms with Gasteiger partial charge < -0.3 is 10.2 Å². The predicted octanol–water partition coefficient (Wildman–Crippen LogP) is 4.15. The predicted molar refractivity (Wildman–Crippen MR) is 87.1 cm³/mol. The van der Waals surface area contributed by atoms with Crippen LogP contribution in [0.5, 0.6) is 11.5 Å². The zero-order valence-corrected chi connectivity index (χ0v) is 11.7. The highest BCUT2D eigenvalue weighted by Gasteiger charge is 2.12. The summed E-state index contributed by atoms with van der Waals surface area (Å²) in [6.07, 6.45) is 2.90. The second-order valence-corrected chi connectivity index (χ2v) is 4.94. The van der Waals surface area contributed by atoms with E-state index in [1.165, 1.54) is 12.1 Å². The number of carbonyl (C=O) groups excluding carboxylic acids is 1. The van der Waals surface area contributed by atoms with E-state index in [0.717, 1.165) is 5.39 Å². The highest BCUT2D eigenvalue weighted by Crippen LogP contribution is 2.28. The lowest BCUT2D eigenvalue weighted by Gasteiger charge is -2.06. The zero-order chi connectivity index (χ0) is 15.5. The summed E-state index contributed by atoms with van der Waals surface area (Å²) in [5, 5.41) is 21.3. The van der Waals surface area contributed by atoms with Crippen molar-refractivity contribution in [3.63, 3.8) is 0 Å². The molecule has 0 aliphatic heterocycles. The molecule has 0 unspecified atom stereocenters. The SMILES string of the molecule is O=C(/C=C/c1ccccc1O)c1c(O)ccc2ccccc12. The fourth-order valence-corrected chi connectivity index (χ4v) is 2.40. The Kier molecular flexibility index (Phi) is 3.62. The van der Waals surface area contributed by atoms with E-state index in [0.29, 0.717) is 10.9 Å². The van der Waals surface area contributed by atoms with E-state index >= 15 is 0 Å². The number of carbonyl (C=O) groups is 1. The molecule has 0 aliphatic rings. The van der Waals surface area contributed by atoms with Crippen LogP contribution in [0.25, 0.3) is 16.8 Å². The first kappa shape index (κ1) is 13.9. The second kappa shape index (κ2) is 5.74. The minimum Gasteiger partial charge on any atom is -0.507 e. The second-order valence-electron chi connectivity index (χ2n) is 4.94. The Labute approximate surface area is 127 Å². The van der Waals surface area contributed by atoms with Crippen LogP contribution in [0.4, 0.5) is 0 Å². The molecular weight excluding hydrogens is 276 g/mol. The van der Waals surface area contributed by atoms with Crippen LogP contribution in [0.2, 0.25) is 0 Å². The third-order valence-electron chi connectivity index (χ3n) is 3.50. The third-order valence-corrected chi connectivity index (χ3v) is 3.50. The maximum absolute atomic E-state index is 12.4. The van der Waals surface area contributed by atoms with Crippen LogP contribution in [0.1, 0.15) is 15.9 Å². The Morgan fingerprint density at radius 1 is 0.818 bits per heavy atom. The monoisotopic (exact) mass is 290 g/mol. The fraction of sp³-hybridized carbons (Fsp3) is 0. The molecule has 0 bridgehead atoms. The van der Waals surface area contributed by atoms with E-state index in [9.17, 15) is 15.0 Å².